The van der Waals surface area contributed by atoms with Crippen molar-refractivity contribution in [1.82, 2.24) is 4.98 Å². The van der Waals surface area contributed by atoms with Crippen molar-refractivity contribution in [1.29, 1.82) is 0 Å². The van der Waals surface area contributed by atoms with Crippen LogP contribution in [0.5, 0.6) is 5.75 Å². The van der Waals surface area contributed by atoms with E-state index in [0.717, 1.165) is 17.4 Å². The van der Waals surface area contributed by atoms with Crippen molar-refractivity contribution < 1.29 is 17.3 Å². The molecule has 0 bridgehead atoms. The highest BCUT2D eigenvalue weighted by molar-refractivity contribution is 7.85. The number of ether oxygens (including phenoxy) is 1. The molecule has 0 N–H and O–H groups in total. The molecular weight excluding hydrogens is 230 g/mol. The van der Waals surface area contributed by atoms with E-state index >= 15 is 0 Å². The molecule has 1 heterocycles. The number of aryl methyl sites for hydroxylation is 1. The Morgan fingerprint density at radius 2 is 2.00 bits per heavy atom. The fraction of sp³-hybridized carbons (Fsp3) is 0.500. The van der Waals surface area contributed by atoms with Gasteiger partial charge in [0.2, 0.25) is 0 Å². The van der Waals surface area contributed by atoms with E-state index in [9.17, 15) is 8.42 Å². The second-order valence-electron chi connectivity index (χ2n) is 3.51. The molecule has 0 spiro atoms. The van der Waals surface area contributed by atoms with Crippen LogP contribution in [-0.2, 0) is 20.9 Å². The molecule has 0 aliphatic rings. The van der Waals surface area contributed by atoms with Gasteiger partial charge in [-0.3, -0.25) is 9.17 Å². The van der Waals surface area contributed by atoms with Crippen molar-refractivity contribution in [3.05, 3.63) is 23.0 Å². The Morgan fingerprint density at radius 3 is 2.50 bits per heavy atom. The molecule has 0 unspecified atom stereocenters. The predicted octanol–water partition coefficient (Wildman–Crippen LogP) is 1.18. The Bertz CT molecular complexity index is 482. The first-order chi connectivity index (χ1) is 7.35. The Kier molecular flexibility index (Phi) is 3.88. The van der Waals surface area contributed by atoms with Gasteiger partial charge in [0.25, 0.3) is 10.1 Å². The Balaban J connectivity index is 2.98. The van der Waals surface area contributed by atoms with Gasteiger partial charge in [-0.05, 0) is 13.8 Å². The molecule has 0 radical (unpaired) electrons. The number of nitrogens with zero attached hydrogens (tertiary/aromatic N) is 1. The number of rotatable bonds is 4. The Labute approximate surface area is 95.5 Å². The van der Waals surface area contributed by atoms with Crippen molar-refractivity contribution in [2.45, 2.75) is 20.5 Å². The summed E-state index contributed by atoms with van der Waals surface area (Å²) in [5.74, 6) is 0.710. The van der Waals surface area contributed by atoms with Gasteiger partial charge in [0.1, 0.15) is 12.4 Å². The average molecular weight is 245 g/mol. The molecule has 6 heteroatoms. The zero-order valence-corrected chi connectivity index (χ0v) is 10.6. The molecule has 0 aliphatic heterocycles. The van der Waals surface area contributed by atoms with E-state index in [0.29, 0.717) is 11.4 Å². The van der Waals surface area contributed by atoms with E-state index in [4.69, 9.17) is 4.74 Å². The van der Waals surface area contributed by atoms with E-state index in [2.05, 4.69) is 9.17 Å². The molecule has 0 saturated heterocycles. The topological polar surface area (TPSA) is 65.5 Å². The van der Waals surface area contributed by atoms with E-state index in [-0.39, 0.29) is 6.61 Å². The Morgan fingerprint density at radius 1 is 1.38 bits per heavy atom. The quantitative estimate of drug-likeness (QED) is 0.745. The molecule has 0 aliphatic carbocycles. The second-order valence-corrected chi connectivity index (χ2v) is 5.16. The molecule has 16 heavy (non-hydrogen) atoms. The maximum atomic E-state index is 10.9. The van der Waals surface area contributed by atoms with E-state index in [1.807, 2.05) is 13.8 Å². The monoisotopic (exact) mass is 245 g/mol. The minimum atomic E-state index is -3.45. The van der Waals surface area contributed by atoms with Crippen LogP contribution < -0.4 is 4.74 Å². The zero-order chi connectivity index (χ0) is 12.3. The third kappa shape index (κ3) is 3.18. The lowest BCUT2D eigenvalue weighted by Gasteiger charge is -2.11. The number of hydrogen-bond acceptors (Lipinski definition) is 5. The van der Waals surface area contributed by atoms with Crippen molar-refractivity contribution in [3.8, 4) is 5.75 Å². The van der Waals surface area contributed by atoms with Gasteiger partial charge in [0.05, 0.1) is 19.1 Å². The first-order valence-electron chi connectivity index (χ1n) is 4.68. The van der Waals surface area contributed by atoms with Crippen LogP contribution in [0.3, 0.4) is 0 Å². The van der Waals surface area contributed by atoms with Gasteiger partial charge in [-0.1, -0.05) is 0 Å². The van der Waals surface area contributed by atoms with Crippen LogP contribution in [0, 0.1) is 13.8 Å². The number of aromatic nitrogens is 1. The van der Waals surface area contributed by atoms with E-state index < -0.39 is 10.1 Å². The fourth-order valence-corrected chi connectivity index (χ4v) is 1.71. The zero-order valence-electron chi connectivity index (χ0n) is 9.77. The van der Waals surface area contributed by atoms with E-state index in [1.54, 1.807) is 13.3 Å². The number of pyridine rings is 1. The summed E-state index contributed by atoms with van der Waals surface area (Å²) in [4.78, 5) is 4.12. The average Bonchev–Trinajstić information content (AvgIpc) is 2.16. The summed E-state index contributed by atoms with van der Waals surface area (Å²) in [6, 6.07) is 0. The first kappa shape index (κ1) is 12.9. The SMILES string of the molecule is COc1c(C)cnc(COS(C)(=O)=O)c1C. The summed E-state index contributed by atoms with van der Waals surface area (Å²) >= 11 is 0. The molecule has 0 atom stereocenters. The van der Waals surface area contributed by atoms with Crippen LogP contribution in [0.1, 0.15) is 16.8 Å². The molecule has 0 aromatic carbocycles. The number of hydrogen-bond donors (Lipinski definition) is 0. The van der Waals surface area contributed by atoms with Crippen LogP contribution in [0.2, 0.25) is 0 Å². The Hall–Kier alpha value is -1.14. The fourth-order valence-electron chi connectivity index (χ4n) is 1.38. The summed E-state index contributed by atoms with van der Waals surface area (Å²) < 4.78 is 31.6. The third-order valence-corrected chi connectivity index (χ3v) is 2.71. The largest absolute Gasteiger partial charge is 0.496 e. The normalized spacial score (nSPS) is 11.5. The van der Waals surface area contributed by atoms with Gasteiger partial charge in [0, 0.05) is 17.3 Å². The van der Waals surface area contributed by atoms with Crippen LogP contribution in [-0.4, -0.2) is 26.8 Å². The minimum Gasteiger partial charge on any atom is -0.496 e. The van der Waals surface area contributed by atoms with Crippen molar-refractivity contribution in [3.63, 3.8) is 0 Å². The first-order valence-corrected chi connectivity index (χ1v) is 6.50. The highest BCUT2D eigenvalue weighted by Gasteiger charge is 2.11. The summed E-state index contributed by atoms with van der Waals surface area (Å²) in [7, 11) is -1.88. The lowest BCUT2D eigenvalue weighted by Crippen LogP contribution is -2.06. The predicted molar refractivity (Wildman–Crippen MR) is 59.9 cm³/mol. The van der Waals surface area contributed by atoms with Crippen molar-refractivity contribution >= 4 is 10.1 Å². The maximum Gasteiger partial charge on any atom is 0.264 e. The lowest BCUT2D eigenvalue weighted by molar-refractivity contribution is 0.304. The van der Waals surface area contributed by atoms with Crippen LogP contribution in [0.25, 0.3) is 0 Å². The van der Waals surface area contributed by atoms with E-state index in [1.165, 1.54) is 0 Å². The highest BCUT2D eigenvalue weighted by Crippen LogP contribution is 2.24. The third-order valence-electron chi connectivity index (χ3n) is 2.16. The smallest absolute Gasteiger partial charge is 0.264 e. The van der Waals surface area contributed by atoms with Gasteiger partial charge in [-0.15, -0.1) is 0 Å². The van der Waals surface area contributed by atoms with Crippen LogP contribution in [0.15, 0.2) is 6.20 Å². The summed E-state index contributed by atoms with van der Waals surface area (Å²) in [6.07, 6.45) is 2.64. The van der Waals surface area contributed by atoms with Gasteiger partial charge in [-0.25, -0.2) is 0 Å². The van der Waals surface area contributed by atoms with Crippen molar-refractivity contribution in [2.75, 3.05) is 13.4 Å². The van der Waals surface area contributed by atoms with Crippen LogP contribution in [0.4, 0.5) is 0 Å². The minimum absolute atomic E-state index is 0.0681. The summed E-state index contributed by atoms with van der Waals surface area (Å²) in [6.45, 7) is 3.63. The molecule has 0 fully saturated rings. The maximum absolute atomic E-state index is 10.9. The second kappa shape index (κ2) is 4.80. The molecule has 1 rings (SSSR count). The lowest BCUT2D eigenvalue weighted by atomic mass is 10.1. The van der Waals surface area contributed by atoms with Crippen molar-refractivity contribution in [2.24, 2.45) is 0 Å². The highest BCUT2D eigenvalue weighted by atomic mass is 32.2. The summed E-state index contributed by atoms with van der Waals surface area (Å²) in [5, 5.41) is 0. The van der Waals surface area contributed by atoms with Gasteiger partial charge in [0.15, 0.2) is 0 Å². The molecule has 5 nitrogen and oxygen atoms in total. The molecule has 1 aromatic heterocycles. The van der Waals surface area contributed by atoms with Gasteiger partial charge >= 0.3 is 0 Å². The number of methoxy groups -OCH3 is 1. The summed E-state index contributed by atoms with van der Waals surface area (Å²) in [5.41, 5.74) is 2.27. The molecule has 0 saturated carbocycles. The standard InChI is InChI=1S/C10H15NO4S/c1-7-5-11-9(6-15-16(4,12)13)8(2)10(7)14-3/h5H,6H2,1-4H3. The van der Waals surface area contributed by atoms with Gasteiger partial charge in [-0.2, -0.15) is 8.42 Å². The van der Waals surface area contributed by atoms with Crippen LogP contribution >= 0.6 is 0 Å². The molecule has 0 amide bonds. The molecular formula is C10H15NO4S. The van der Waals surface area contributed by atoms with Gasteiger partial charge < -0.3 is 4.74 Å². The molecule has 90 valence electrons. The molecule has 1 aromatic rings.